The summed E-state index contributed by atoms with van der Waals surface area (Å²) in [5.41, 5.74) is 0.353. The number of likely N-dealkylation sites (tertiary alicyclic amines) is 1. The number of carbonyl (C=O) groups is 1. The summed E-state index contributed by atoms with van der Waals surface area (Å²) in [4.78, 5) is 16.6. The van der Waals surface area contributed by atoms with Crippen molar-refractivity contribution in [2.75, 3.05) is 32.7 Å². The fourth-order valence-electron chi connectivity index (χ4n) is 3.28. The van der Waals surface area contributed by atoms with Gasteiger partial charge in [0.15, 0.2) is 0 Å². The van der Waals surface area contributed by atoms with Gasteiger partial charge in [-0.3, -0.25) is 4.90 Å². The van der Waals surface area contributed by atoms with E-state index in [1.807, 2.05) is 25.1 Å². The van der Waals surface area contributed by atoms with Crippen molar-refractivity contribution in [3.8, 4) is 0 Å². The molecule has 1 aromatic carbocycles. The third kappa shape index (κ3) is 5.49. The highest BCUT2D eigenvalue weighted by Crippen LogP contribution is 2.24. The molecule has 1 aliphatic heterocycles. The molecule has 134 valence electrons. The van der Waals surface area contributed by atoms with Crippen molar-refractivity contribution in [3.63, 3.8) is 0 Å². The van der Waals surface area contributed by atoms with E-state index in [1.54, 1.807) is 18.7 Å². The maximum absolute atomic E-state index is 12.5. The highest BCUT2D eigenvalue weighted by molar-refractivity contribution is 5.74. The molecule has 2 amide bonds. The second-order valence-electron chi connectivity index (χ2n) is 7.18. The van der Waals surface area contributed by atoms with E-state index in [1.165, 1.54) is 18.4 Å². The highest BCUT2D eigenvalue weighted by Gasteiger charge is 2.26. The largest absolute Gasteiger partial charge is 0.389 e. The van der Waals surface area contributed by atoms with Gasteiger partial charge in [-0.25, -0.2) is 4.79 Å². The molecular weight excluding hydrogens is 302 g/mol. The van der Waals surface area contributed by atoms with Crippen molar-refractivity contribution in [1.82, 2.24) is 15.1 Å². The summed E-state index contributed by atoms with van der Waals surface area (Å²) in [6.07, 6.45) is 2.44. The molecule has 5 heteroatoms. The summed E-state index contributed by atoms with van der Waals surface area (Å²) in [7, 11) is 0. The average molecular weight is 333 g/mol. The van der Waals surface area contributed by atoms with Crippen molar-refractivity contribution in [1.29, 1.82) is 0 Å². The highest BCUT2D eigenvalue weighted by atomic mass is 16.3. The minimum atomic E-state index is -0.888. The van der Waals surface area contributed by atoms with Crippen LogP contribution in [0, 0.1) is 0 Å². The molecule has 0 aliphatic carbocycles. The Morgan fingerprint density at radius 1 is 1.29 bits per heavy atom. The molecule has 1 fully saturated rings. The second-order valence-corrected chi connectivity index (χ2v) is 7.18. The minimum absolute atomic E-state index is 0.111. The molecule has 0 bridgehead atoms. The number of rotatable bonds is 7. The van der Waals surface area contributed by atoms with Crippen LogP contribution in [0.3, 0.4) is 0 Å². The van der Waals surface area contributed by atoms with Crippen molar-refractivity contribution in [3.05, 3.63) is 35.9 Å². The molecule has 2 rings (SSSR count). The van der Waals surface area contributed by atoms with Gasteiger partial charge in [0.1, 0.15) is 0 Å². The minimum Gasteiger partial charge on any atom is -0.389 e. The molecule has 0 spiro atoms. The zero-order valence-electron chi connectivity index (χ0n) is 15.2. The second kappa shape index (κ2) is 8.49. The molecular formula is C19H31N3O2. The molecule has 1 unspecified atom stereocenters. The molecule has 1 saturated heterocycles. The molecule has 0 radical (unpaired) electrons. The van der Waals surface area contributed by atoms with Gasteiger partial charge in [-0.1, -0.05) is 30.3 Å². The Morgan fingerprint density at radius 3 is 2.46 bits per heavy atom. The van der Waals surface area contributed by atoms with Gasteiger partial charge in [0.05, 0.1) is 18.2 Å². The number of hydrogen-bond acceptors (Lipinski definition) is 3. The van der Waals surface area contributed by atoms with Crippen LogP contribution in [0.25, 0.3) is 0 Å². The number of aliphatic hydroxyl groups is 1. The maximum atomic E-state index is 12.5. The van der Waals surface area contributed by atoms with Gasteiger partial charge >= 0.3 is 6.03 Å². The predicted octanol–water partition coefficient (Wildman–Crippen LogP) is 2.63. The Kier molecular flexibility index (Phi) is 6.63. The zero-order valence-corrected chi connectivity index (χ0v) is 15.2. The summed E-state index contributed by atoms with van der Waals surface area (Å²) in [5.74, 6) is 0. The zero-order chi connectivity index (χ0) is 17.6. The molecule has 2 N–H and O–H groups in total. The number of benzene rings is 1. The Morgan fingerprint density at radius 2 is 1.92 bits per heavy atom. The monoisotopic (exact) mass is 333 g/mol. The molecule has 0 saturated carbocycles. The lowest BCUT2D eigenvalue weighted by atomic mass is 10.1. The van der Waals surface area contributed by atoms with Crippen molar-refractivity contribution in [2.24, 2.45) is 0 Å². The van der Waals surface area contributed by atoms with E-state index in [4.69, 9.17) is 0 Å². The molecule has 1 aromatic rings. The van der Waals surface area contributed by atoms with E-state index in [-0.39, 0.29) is 12.1 Å². The molecule has 1 atom stereocenters. The van der Waals surface area contributed by atoms with Gasteiger partial charge in [-0.2, -0.15) is 0 Å². The first-order chi connectivity index (χ1) is 11.4. The van der Waals surface area contributed by atoms with Crippen LogP contribution in [0.4, 0.5) is 4.79 Å². The normalized spacial score (nSPS) is 16.8. The van der Waals surface area contributed by atoms with E-state index in [0.717, 1.165) is 13.1 Å². The molecule has 1 heterocycles. The predicted molar refractivity (Wildman–Crippen MR) is 96.9 cm³/mol. The summed E-state index contributed by atoms with van der Waals surface area (Å²) >= 11 is 0. The number of amides is 2. The van der Waals surface area contributed by atoms with Crippen molar-refractivity contribution < 1.29 is 9.90 Å². The molecule has 1 aliphatic rings. The lowest BCUT2D eigenvalue weighted by Gasteiger charge is -2.31. The number of hydrogen-bond donors (Lipinski definition) is 2. The number of likely N-dealkylation sites (N-methyl/N-ethyl adjacent to an activating group) is 1. The van der Waals surface area contributed by atoms with Crippen LogP contribution in [0.5, 0.6) is 0 Å². The number of carbonyl (C=O) groups excluding carboxylic acids is 1. The van der Waals surface area contributed by atoms with Crippen LogP contribution in [-0.2, 0) is 0 Å². The van der Waals surface area contributed by atoms with Crippen molar-refractivity contribution >= 4 is 6.03 Å². The summed E-state index contributed by atoms with van der Waals surface area (Å²) < 4.78 is 0. The standard InChI is InChI=1S/C19H31N3O2/c1-4-21(15-19(2,3)24)18(23)20-14-17(22-12-8-9-13-22)16-10-6-5-7-11-16/h5-7,10-11,17,24H,4,8-9,12-15H2,1-3H3,(H,20,23). The maximum Gasteiger partial charge on any atom is 0.317 e. The summed E-state index contributed by atoms with van der Waals surface area (Å²) in [6, 6.07) is 10.5. The third-order valence-corrected chi connectivity index (χ3v) is 4.46. The van der Waals surface area contributed by atoms with Crippen LogP contribution in [0.1, 0.15) is 45.2 Å². The van der Waals surface area contributed by atoms with E-state index >= 15 is 0 Å². The lowest BCUT2D eigenvalue weighted by Crippen LogP contribution is -2.48. The SMILES string of the molecule is CCN(CC(C)(C)O)C(=O)NCC(c1ccccc1)N1CCCC1. The quantitative estimate of drug-likeness (QED) is 0.806. The Bertz CT molecular complexity index is 507. The number of nitrogens with one attached hydrogen (secondary N) is 1. The van der Waals surface area contributed by atoms with Gasteiger partial charge in [0.2, 0.25) is 0 Å². The van der Waals surface area contributed by atoms with Crippen LogP contribution in [-0.4, -0.2) is 59.3 Å². The van der Waals surface area contributed by atoms with Gasteiger partial charge in [-0.05, 0) is 52.3 Å². The van der Waals surface area contributed by atoms with Crippen LogP contribution >= 0.6 is 0 Å². The first-order valence-corrected chi connectivity index (χ1v) is 8.95. The van der Waals surface area contributed by atoms with E-state index in [2.05, 4.69) is 22.3 Å². The van der Waals surface area contributed by atoms with Gasteiger partial charge in [0, 0.05) is 13.1 Å². The Labute approximate surface area is 145 Å². The average Bonchev–Trinajstić information content (AvgIpc) is 3.07. The molecule has 5 nitrogen and oxygen atoms in total. The van der Waals surface area contributed by atoms with Crippen molar-refractivity contribution in [2.45, 2.75) is 45.3 Å². The van der Waals surface area contributed by atoms with E-state index in [9.17, 15) is 9.90 Å². The van der Waals surface area contributed by atoms with Gasteiger partial charge < -0.3 is 15.3 Å². The third-order valence-electron chi connectivity index (χ3n) is 4.46. The fraction of sp³-hybridized carbons (Fsp3) is 0.632. The molecule has 24 heavy (non-hydrogen) atoms. The first kappa shape index (κ1) is 18.7. The Hall–Kier alpha value is -1.59. The first-order valence-electron chi connectivity index (χ1n) is 8.95. The molecule has 0 aromatic heterocycles. The van der Waals surface area contributed by atoms with E-state index in [0.29, 0.717) is 19.6 Å². The van der Waals surface area contributed by atoms with Gasteiger partial charge in [0.25, 0.3) is 0 Å². The number of urea groups is 1. The van der Waals surface area contributed by atoms with Crippen LogP contribution in [0.2, 0.25) is 0 Å². The number of nitrogens with zero attached hydrogens (tertiary/aromatic N) is 2. The summed E-state index contributed by atoms with van der Waals surface area (Å²) in [5, 5.41) is 13.0. The Balaban J connectivity index is 2.00. The topological polar surface area (TPSA) is 55.8 Å². The van der Waals surface area contributed by atoms with Crippen LogP contribution < -0.4 is 5.32 Å². The van der Waals surface area contributed by atoms with Crippen LogP contribution in [0.15, 0.2) is 30.3 Å². The fourth-order valence-corrected chi connectivity index (χ4v) is 3.28. The summed E-state index contributed by atoms with van der Waals surface area (Å²) in [6.45, 7) is 9.03. The van der Waals surface area contributed by atoms with E-state index < -0.39 is 5.60 Å². The lowest BCUT2D eigenvalue weighted by molar-refractivity contribution is 0.0477. The van der Waals surface area contributed by atoms with Gasteiger partial charge in [-0.15, -0.1) is 0 Å². The smallest absolute Gasteiger partial charge is 0.317 e.